The minimum atomic E-state index is -0.552. The van der Waals surface area contributed by atoms with Gasteiger partial charge in [0.05, 0.1) is 6.04 Å². The van der Waals surface area contributed by atoms with Crippen molar-refractivity contribution in [1.82, 2.24) is 5.32 Å². The average Bonchev–Trinajstić information content (AvgIpc) is 2.59. The molecular weight excluding hydrogens is 334 g/mol. The van der Waals surface area contributed by atoms with Crippen LogP contribution in [0.4, 0.5) is 0 Å². The smallest absolute Gasteiger partial charge is 0.261 e. The zero-order chi connectivity index (χ0) is 20.1. The molecule has 0 unspecified atom stereocenters. The van der Waals surface area contributed by atoms with Crippen LogP contribution in [0, 0.1) is 20.8 Å². The highest BCUT2D eigenvalue weighted by molar-refractivity contribution is 5.81. The van der Waals surface area contributed by atoms with E-state index in [2.05, 4.69) is 70.3 Å². The second-order valence-electron chi connectivity index (χ2n) is 7.79. The number of aryl methyl sites for hydroxylation is 3. The molecule has 0 fully saturated rings. The Morgan fingerprint density at radius 2 is 1.56 bits per heavy atom. The van der Waals surface area contributed by atoms with Crippen molar-refractivity contribution in [3.63, 3.8) is 0 Å². The molecule has 27 heavy (non-hydrogen) atoms. The zero-order valence-electron chi connectivity index (χ0n) is 17.7. The molecule has 0 bridgehead atoms. The van der Waals surface area contributed by atoms with Crippen LogP contribution in [0.5, 0.6) is 5.75 Å². The molecule has 0 aliphatic carbocycles. The summed E-state index contributed by atoms with van der Waals surface area (Å²) in [7, 11) is 0. The van der Waals surface area contributed by atoms with E-state index in [9.17, 15) is 4.79 Å². The molecule has 0 saturated heterocycles. The fraction of sp³-hybridized carbons (Fsp3) is 0.458. The standard InChI is InChI=1S/C24H33NO2/c1-8-22(21-12-10-16(4)13-18(21)6)25-24(26)19(7)27-23-14-17(5)9-11-20(23)15(2)3/h9-15,19,22H,8H2,1-7H3,(H,25,26)/t19-,22-/m0/s1. The van der Waals surface area contributed by atoms with Crippen molar-refractivity contribution in [1.29, 1.82) is 0 Å². The third-order valence-electron chi connectivity index (χ3n) is 4.99. The van der Waals surface area contributed by atoms with Crippen molar-refractivity contribution < 1.29 is 9.53 Å². The summed E-state index contributed by atoms with van der Waals surface area (Å²) in [6.45, 7) is 14.4. The van der Waals surface area contributed by atoms with Gasteiger partial charge in [-0.3, -0.25) is 4.79 Å². The Labute approximate surface area is 164 Å². The number of hydrogen-bond donors (Lipinski definition) is 1. The number of carbonyl (C=O) groups is 1. The molecule has 1 amide bonds. The van der Waals surface area contributed by atoms with Crippen LogP contribution in [0.15, 0.2) is 36.4 Å². The lowest BCUT2D eigenvalue weighted by Crippen LogP contribution is -2.38. The molecule has 0 spiro atoms. The molecule has 0 saturated carbocycles. The van der Waals surface area contributed by atoms with E-state index in [0.717, 1.165) is 23.3 Å². The van der Waals surface area contributed by atoms with Gasteiger partial charge in [-0.2, -0.15) is 0 Å². The molecule has 2 rings (SSSR count). The molecule has 3 heteroatoms. The third-order valence-corrected chi connectivity index (χ3v) is 4.99. The third kappa shape index (κ3) is 5.35. The number of ether oxygens (including phenoxy) is 1. The van der Waals surface area contributed by atoms with Gasteiger partial charge in [-0.05, 0) is 68.4 Å². The fourth-order valence-electron chi connectivity index (χ4n) is 3.37. The summed E-state index contributed by atoms with van der Waals surface area (Å²) in [4.78, 5) is 12.8. The molecule has 146 valence electrons. The van der Waals surface area contributed by atoms with Gasteiger partial charge < -0.3 is 10.1 Å². The van der Waals surface area contributed by atoms with Gasteiger partial charge in [0.25, 0.3) is 5.91 Å². The Morgan fingerprint density at radius 1 is 0.963 bits per heavy atom. The Hall–Kier alpha value is -2.29. The van der Waals surface area contributed by atoms with Crippen LogP contribution >= 0.6 is 0 Å². The van der Waals surface area contributed by atoms with Crippen LogP contribution in [0.25, 0.3) is 0 Å². The summed E-state index contributed by atoms with van der Waals surface area (Å²) in [5.41, 5.74) is 5.86. The zero-order valence-corrected chi connectivity index (χ0v) is 17.7. The van der Waals surface area contributed by atoms with E-state index in [4.69, 9.17) is 4.74 Å². The second-order valence-corrected chi connectivity index (χ2v) is 7.79. The van der Waals surface area contributed by atoms with Crippen LogP contribution < -0.4 is 10.1 Å². The van der Waals surface area contributed by atoms with Gasteiger partial charge in [0, 0.05) is 0 Å². The first-order chi connectivity index (χ1) is 12.7. The van der Waals surface area contributed by atoms with Gasteiger partial charge in [0.1, 0.15) is 5.75 Å². The first kappa shape index (κ1) is 21.0. The van der Waals surface area contributed by atoms with Gasteiger partial charge in [0.2, 0.25) is 0 Å². The van der Waals surface area contributed by atoms with Crippen LogP contribution in [0.1, 0.15) is 73.9 Å². The summed E-state index contributed by atoms with van der Waals surface area (Å²) in [5, 5.41) is 3.16. The molecule has 0 aliphatic rings. The second kappa shape index (κ2) is 9.07. The maximum Gasteiger partial charge on any atom is 0.261 e. The Bertz CT molecular complexity index is 795. The van der Waals surface area contributed by atoms with E-state index in [1.54, 1.807) is 0 Å². The maximum atomic E-state index is 12.8. The Morgan fingerprint density at radius 3 is 2.11 bits per heavy atom. The van der Waals surface area contributed by atoms with Crippen molar-refractivity contribution in [2.24, 2.45) is 0 Å². The molecule has 0 heterocycles. The minimum absolute atomic E-state index is 0.00812. The molecule has 1 N–H and O–H groups in total. The Balaban J connectivity index is 2.14. The van der Waals surface area contributed by atoms with Gasteiger partial charge in [0.15, 0.2) is 6.10 Å². The van der Waals surface area contributed by atoms with Crippen LogP contribution in [0.3, 0.4) is 0 Å². The van der Waals surface area contributed by atoms with Gasteiger partial charge in [-0.1, -0.05) is 56.7 Å². The number of hydrogen-bond acceptors (Lipinski definition) is 2. The fourth-order valence-corrected chi connectivity index (χ4v) is 3.37. The molecule has 3 nitrogen and oxygen atoms in total. The van der Waals surface area contributed by atoms with E-state index in [-0.39, 0.29) is 11.9 Å². The molecular formula is C24H33NO2. The number of carbonyl (C=O) groups excluding carboxylic acids is 1. The number of benzene rings is 2. The summed E-state index contributed by atoms with van der Waals surface area (Å²) < 4.78 is 6.07. The summed E-state index contributed by atoms with van der Waals surface area (Å²) >= 11 is 0. The predicted octanol–water partition coefficient (Wildman–Crippen LogP) is 5.77. The highest BCUT2D eigenvalue weighted by atomic mass is 16.5. The molecule has 2 atom stereocenters. The van der Waals surface area contributed by atoms with Crippen molar-refractivity contribution >= 4 is 5.91 Å². The van der Waals surface area contributed by atoms with Gasteiger partial charge in [-0.25, -0.2) is 0 Å². The van der Waals surface area contributed by atoms with E-state index in [1.807, 2.05) is 19.9 Å². The van der Waals surface area contributed by atoms with E-state index < -0.39 is 6.10 Å². The van der Waals surface area contributed by atoms with E-state index >= 15 is 0 Å². The highest BCUT2D eigenvalue weighted by Gasteiger charge is 2.21. The number of nitrogens with one attached hydrogen (secondary N) is 1. The molecule has 0 radical (unpaired) electrons. The quantitative estimate of drug-likeness (QED) is 0.674. The van der Waals surface area contributed by atoms with Gasteiger partial charge >= 0.3 is 0 Å². The average molecular weight is 368 g/mol. The first-order valence-corrected chi connectivity index (χ1v) is 9.87. The van der Waals surface area contributed by atoms with Crippen LogP contribution in [-0.4, -0.2) is 12.0 Å². The van der Waals surface area contributed by atoms with Crippen molar-refractivity contribution in [3.8, 4) is 5.75 Å². The first-order valence-electron chi connectivity index (χ1n) is 9.87. The number of amides is 1. The highest BCUT2D eigenvalue weighted by Crippen LogP contribution is 2.28. The lowest BCUT2D eigenvalue weighted by Gasteiger charge is -2.24. The molecule has 2 aromatic rings. The summed E-state index contributed by atoms with van der Waals surface area (Å²) in [6.07, 6.45) is 0.286. The summed E-state index contributed by atoms with van der Waals surface area (Å²) in [5.74, 6) is 1.06. The lowest BCUT2D eigenvalue weighted by molar-refractivity contribution is -0.128. The topological polar surface area (TPSA) is 38.3 Å². The van der Waals surface area contributed by atoms with Crippen molar-refractivity contribution in [2.45, 2.75) is 73.0 Å². The van der Waals surface area contributed by atoms with Crippen molar-refractivity contribution in [3.05, 3.63) is 64.2 Å². The molecule has 2 aromatic carbocycles. The molecule has 0 aromatic heterocycles. The van der Waals surface area contributed by atoms with E-state index in [0.29, 0.717) is 5.92 Å². The Kier molecular flexibility index (Phi) is 7.06. The predicted molar refractivity (Wildman–Crippen MR) is 112 cm³/mol. The maximum absolute atomic E-state index is 12.8. The normalized spacial score (nSPS) is 13.3. The summed E-state index contributed by atoms with van der Waals surface area (Å²) in [6, 6.07) is 12.5. The van der Waals surface area contributed by atoms with Crippen LogP contribution in [0.2, 0.25) is 0 Å². The lowest BCUT2D eigenvalue weighted by atomic mass is 9.97. The minimum Gasteiger partial charge on any atom is -0.481 e. The van der Waals surface area contributed by atoms with Gasteiger partial charge in [-0.15, -0.1) is 0 Å². The van der Waals surface area contributed by atoms with Crippen molar-refractivity contribution in [2.75, 3.05) is 0 Å². The molecule has 0 aliphatic heterocycles. The number of rotatable bonds is 7. The van der Waals surface area contributed by atoms with Crippen LogP contribution in [-0.2, 0) is 4.79 Å². The van der Waals surface area contributed by atoms with E-state index in [1.165, 1.54) is 16.7 Å². The largest absolute Gasteiger partial charge is 0.481 e. The monoisotopic (exact) mass is 367 g/mol. The SMILES string of the molecule is CC[C@H](NC(=O)[C@H](C)Oc1cc(C)ccc1C(C)C)c1ccc(C)cc1C.